The fraction of sp³-hybridized carbons (Fsp3) is 0.296. The Morgan fingerprint density at radius 3 is 2.25 bits per heavy atom. The molecule has 5 heteroatoms. The van der Waals surface area contributed by atoms with Crippen LogP contribution in [-0.2, 0) is 22.4 Å². The molecule has 5 nitrogen and oxygen atoms in total. The molecule has 2 amide bonds. The SMILES string of the molecule is CNC(=O)C1(Cc2ccc(-c3cccnc3)cc2)CCN(C(=O)Cc2ccccc2)CC1. The number of benzene rings is 2. The molecule has 0 spiro atoms. The Bertz CT molecular complexity index is 1040. The van der Waals surface area contributed by atoms with Gasteiger partial charge in [0.25, 0.3) is 0 Å². The van der Waals surface area contributed by atoms with Crippen LogP contribution in [-0.4, -0.2) is 41.8 Å². The molecule has 0 radical (unpaired) electrons. The molecule has 0 bridgehead atoms. The molecule has 3 aromatic rings. The number of piperidine rings is 1. The van der Waals surface area contributed by atoms with Gasteiger partial charge in [-0.1, -0.05) is 60.7 Å². The number of aromatic nitrogens is 1. The van der Waals surface area contributed by atoms with Crippen LogP contribution in [0.4, 0.5) is 0 Å². The molecule has 0 aliphatic carbocycles. The molecule has 164 valence electrons. The molecule has 1 N–H and O–H groups in total. The van der Waals surface area contributed by atoms with E-state index in [1.54, 1.807) is 13.2 Å². The number of rotatable bonds is 6. The molecule has 32 heavy (non-hydrogen) atoms. The van der Waals surface area contributed by atoms with Gasteiger partial charge >= 0.3 is 0 Å². The number of hydrogen-bond donors (Lipinski definition) is 1. The third-order valence-corrected chi connectivity index (χ3v) is 6.47. The van der Waals surface area contributed by atoms with Crippen molar-refractivity contribution in [1.82, 2.24) is 15.2 Å². The van der Waals surface area contributed by atoms with Crippen LogP contribution in [0.5, 0.6) is 0 Å². The predicted molar refractivity (Wildman–Crippen MR) is 126 cm³/mol. The van der Waals surface area contributed by atoms with E-state index in [4.69, 9.17) is 0 Å². The highest BCUT2D eigenvalue weighted by Gasteiger charge is 2.41. The average molecular weight is 428 g/mol. The largest absolute Gasteiger partial charge is 0.359 e. The van der Waals surface area contributed by atoms with Crippen molar-refractivity contribution in [3.8, 4) is 11.1 Å². The number of carbonyl (C=O) groups excluding carboxylic acids is 2. The van der Waals surface area contributed by atoms with E-state index in [1.807, 2.05) is 53.6 Å². The summed E-state index contributed by atoms with van der Waals surface area (Å²) < 4.78 is 0. The first-order chi connectivity index (χ1) is 15.6. The van der Waals surface area contributed by atoms with Gasteiger partial charge in [-0.3, -0.25) is 14.6 Å². The van der Waals surface area contributed by atoms with Gasteiger partial charge in [0.05, 0.1) is 11.8 Å². The van der Waals surface area contributed by atoms with Gasteiger partial charge in [0.15, 0.2) is 0 Å². The van der Waals surface area contributed by atoms with Crippen LogP contribution in [0, 0.1) is 5.41 Å². The first kappa shape index (κ1) is 21.8. The third-order valence-electron chi connectivity index (χ3n) is 6.47. The van der Waals surface area contributed by atoms with Gasteiger partial charge in [-0.2, -0.15) is 0 Å². The number of hydrogen-bond acceptors (Lipinski definition) is 3. The molecule has 2 aromatic carbocycles. The molecule has 0 atom stereocenters. The lowest BCUT2D eigenvalue weighted by atomic mass is 9.72. The summed E-state index contributed by atoms with van der Waals surface area (Å²) in [6.45, 7) is 1.21. The smallest absolute Gasteiger partial charge is 0.226 e. The highest BCUT2D eigenvalue weighted by Crippen LogP contribution is 2.36. The Morgan fingerprint density at radius 1 is 0.906 bits per heavy atom. The number of nitrogens with zero attached hydrogens (tertiary/aromatic N) is 2. The molecular formula is C27H29N3O2. The molecule has 1 fully saturated rings. The van der Waals surface area contributed by atoms with Crippen LogP contribution in [0.3, 0.4) is 0 Å². The van der Waals surface area contributed by atoms with E-state index < -0.39 is 5.41 Å². The standard InChI is InChI=1S/C27H29N3O2/c1-28-26(32)27(19-22-9-11-23(12-10-22)24-8-5-15-29-20-24)13-16-30(17-14-27)25(31)18-21-6-3-2-4-7-21/h2-12,15,20H,13-14,16-19H2,1H3,(H,28,32). The summed E-state index contributed by atoms with van der Waals surface area (Å²) in [5.74, 6) is 0.187. The van der Waals surface area contributed by atoms with Gasteiger partial charge in [0, 0.05) is 32.5 Å². The summed E-state index contributed by atoms with van der Waals surface area (Å²) in [4.78, 5) is 31.8. The molecular weight excluding hydrogens is 398 g/mol. The average Bonchev–Trinajstić information content (AvgIpc) is 2.85. The minimum absolute atomic E-state index is 0.0593. The maximum Gasteiger partial charge on any atom is 0.226 e. The van der Waals surface area contributed by atoms with Gasteiger partial charge in [0.1, 0.15) is 0 Å². The van der Waals surface area contributed by atoms with Crippen LogP contribution in [0.25, 0.3) is 11.1 Å². The Balaban J connectivity index is 1.43. The van der Waals surface area contributed by atoms with Crippen molar-refractivity contribution >= 4 is 11.8 Å². The van der Waals surface area contributed by atoms with Crippen molar-refractivity contribution in [3.63, 3.8) is 0 Å². The zero-order valence-electron chi connectivity index (χ0n) is 18.5. The second-order valence-corrected chi connectivity index (χ2v) is 8.52. The highest BCUT2D eigenvalue weighted by molar-refractivity contribution is 5.84. The summed E-state index contributed by atoms with van der Waals surface area (Å²) in [6.07, 6.45) is 6.02. The summed E-state index contributed by atoms with van der Waals surface area (Å²) in [7, 11) is 1.70. The van der Waals surface area contributed by atoms with Gasteiger partial charge in [-0.15, -0.1) is 0 Å². The fourth-order valence-corrected chi connectivity index (χ4v) is 4.56. The van der Waals surface area contributed by atoms with Crippen LogP contribution < -0.4 is 5.32 Å². The molecule has 4 rings (SSSR count). The van der Waals surface area contributed by atoms with Crippen LogP contribution in [0.15, 0.2) is 79.1 Å². The van der Waals surface area contributed by atoms with Crippen molar-refractivity contribution in [3.05, 3.63) is 90.3 Å². The molecule has 0 unspecified atom stereocenters. The topological polar surface area (TPSA) is 62.3 Å². The lowest BCUT2D eigenvalue weighted by Gasteiger charge is -2.40. The Kier molecular flexibility index (Phi) is 6.64. The Hall–Kier alpha value is -3.47. The monoisotopic (exact) mass is 427 g/mol. The van der Waals surface area contributed by atoms with Gasteiger partial charge in [0.2, 0.25) is 11.8 Å². The zero-order chi connectivity index (χ0) is 22.4. The number of carbonyl (C=O) groups is 2. The molecule has 1 aliphatic rings. The van der Waals surface area contributed by atoms with Crippen molar-refractivity contribution in [2.24, 2.45) is 5.41 Å². The first-order valence-electron chi connectivity index (χ1n) is 11.1. The second kappa shape index (κ2) is 9.77. The number of nitrogens with one attached hydrogen (secondary N) is 1. The molecule has 1 aliphatic heterocycles. The van der Waals surface area contributed by atoms with Gasteiger partial charge < -0.3 is 10.2 Å². The van der Waals surface area contributed by atoms with Crippen molar-refractivity contribution in [2.45, 2.75) is 25.7 Å². The van der Waals surface area contributed by atoms with E-state index in [0.29, 0.717) is 38.8 Å². The van der Waals surface area contributed by atoms with Crippen molar-refractivity contribution in [1.29, 1.82) is 0 Å². The molecule has 1 aromatic heterocycles. The van der Waals surface area contributed by atoms with Crippen LogP contribution in [0.1, 0.15) is 24.0 Å². The number of amides is 2. The minimum atomic E-state index is -0.492. The molecule has 1 saturated heterocycles. The van der Waals surface area contributed by atoms with Gasteiger partial charge in [-0.05, 0) is 47.6 Å². The van der Waals surface area contributed by atoms with E-state index in [0.717, 1.165) is 22.3 Å². The van der Waals surface area contributed by atoms with E-state index in [2.05, 4.69) is 34.6 Å². The Morgan fingerprint density at radius 2 is 1.62 bits per heavy atom. The maximum absolute atomic E-state index is 12.9. The van der Waals surface area contributed by atoms with Gasteiger partial charge in [-0.25, -0.2) is 0 Å². The first-order valence-corrected chi connectivity index (χ1v) is 11.1. The second-order valence-electron chi connectivity index (χ2n) is 8.52. The third kappa shape index (κ3) is 4.88. The van der Waals surface area contributed by atoms with E-state index in [1.165, 1.54) is 0 Å². The van der Waals surface area contributed by atoms with Crippen molar-refractivity contribution < 1.29 is 9.59 Å². The predicted octanol–water partition coefficient (Wildman–Crippen LogP) is 3.89. The Labute approximate surface area is 189 Å². The lowest BCUT2D eigenvalue weighted by molar-refractivity contribution is -0.140. The number of pyridine rings is 1. The van der Waals surface area contributed by atoms with Crippen LogP contribution in [0.2, 0.25) is 0 Å². The summed E-state index contributed by atoms with van der Waals surface area (Å²) in [5.41, 5.74) is 3.84. The summed E-state index contributed by atoms with van der Waals surface area (Å²) in [6, 6.07) is 22.1. The molecule has 2 heterocycles. The van der Waals surface area contributed by atoms with Crippen molar-refractivity contribution in [2.75, 3.05) is 20.1 Å². The minimum Gasteiger partial charge on any atom is -0.359 e. The lowest BCUT2D eigenvalue weighted by Crippen LogP contribution is -2.50. The fourth-order valence-electron chi connectivity index (χ4n) is 4.56. The zero-order valence-corrected chi connectivity index (χ0v) is 18.5. The van der Waals surface area contributed by atoms with Crippen LogP contribution >= 0.6 is 0 Å². The molecule has 0 saturated carbocycles. The summed E-state index contributed by atoms with van der Waals surface area (Å²) in [5, 5.41) is 2.87. The summed E-state index contributed by atoms with van der Waals surface area (Å²) >= 11 is 0. The van der Waals surface area contributed by atoms with E-state index in [-0.39, 0.29) is 11.8 Å². The van der Waals surface area contributed by atoms with E-state index >= 15 is 0 Å². The highest BCUT2D eigenvalue weighted by atomic mass is 16.2. The quantitative estimate of drug-likeness (QED) is 0.649. The number of likely N-dealkylation sites (tertiary alicyclic amines) is 1. The van der Waals surface area contributed by atoms with E-state index in [9.17, 15) is 9.59 Å². The normalized spacial score (nSPS) is 15.2. The maximum atomic E-state index is 12.9.